The fourth-order valence-corrected chi connectivity index (χ4v) is 4.99. The van der Waals surface area contributed by atoms with E-state index in [1.54, 1.807) is 11.8 Å². The SMILES string of the molecule is COc1cccc(CNC(=O)CC[C@H]2CCCN(C(=O)c3c4c(nn3C)CCCC4)C2)c1. The van der Waals surface area contributed by atoms with Gasteiger partial charge in [0.25, 0.3) is 5.91 Å². The second-order valence-electron chi connectivity index (χ2n) is 9.03. The summed E-state index contributed by atoms with van der Waals surface area (Å²) in [5.74, 6) is 1.31. The van der Waals surface area contributed by atoms with Crippen molar-refractivity contribution in [3.8, 4) is 5.75 Å². The van der Waals surface area contributed by atoms with Crippen LogP contribution in [0.3, 0.4) is 0 Å². The summed E-state index contributed by atoms with van der Waals surface area (Å²) in [5.41, 5.74) is 4.05. The van der Waals surface area contributed by atoms with Gasteiger partial charge in [-0.05, 0) is 68.6 Å². The van der Waals surface area contributed by atoms with E-state index in [0.29, 0.717) is 18.9 Å². The average molecular weight is 439 g/mol. The van der Waals surface area contributed by atoms with Gasteiger partial charge in [0.15, 0.2) is 0 Å². The maximum atomic E-state index is 13.3. The van der Waals surface area contributed by atoms with Crippen LogP contribution in [0.5, 0.6) is 5.75 Å². The number of aromatic nitrogens is 2. The fourth-order valence-electron chi connectivity index (χ4n) is 4.99. The zero-order valence-corrected chi connectivity index (χ0v) is 19.2. The number of methoxy groups -OCH3 is 1. The van der Waals surface area contributed by atoms with Gasteiger partial charge in [-0.15, -0.1) is 0 Å². The first-order chi connectivity index (χ1) is 15.5. The number of rotatable bonds is 7. The van der Waals surface area contributed by atoms with E-state index in [2.05, 4.69) is 10.4 Å². The lowest BCUT2D eigenvalue weighted by Crippen LogP contribution is -2.41. The summed E-state index contributed by atoms with van der Waals surface area (Å²) in [4.78, 5) is 27.7. The van der Waals surface area contributed by atoms with Gasteiger partial charge in [0, 0.05) is 38.7 Å². The van der Waals surface area contributed by atoms with Gasteiger partial charge in [0.1, 0.15) is 11.4 Å². The van der Waals surface area contributed by atoms with E-state index in [9.17, 15) is 9.59 Å². The molecule has 1 aliphatic carbocycles. The largest absolute Gasteiger partial charge is 0.497 e. The van der Waals surface area contributed by atoms with Crippen molar-refractivity contribution >= 4 is 11.8 Å². The van der Waals surface area contributed by atoms with Crippen molar-refractivity contribution in [1.29, 1.82) is 0 Å². The molecule has 0 unspecified atom stereocenters. The molecule has 1 aliphatic heterocycles. The minimum absolute atomic E-state index is 0.0528. The number of aryl methyl sites for hydroxylation is 2. The summed E-state index contributed by atoms with van der Waals surface area (Å²) in [7, 11) is 3.53. The maximum absolute atomic E-state index is 13.3. The number of likely N-dealkylation sites (tertiary alicyclic amines) is 1. The smallest absolute Gasteiger partial charge is 0.272 e. The first-order valence-corrected chi connectivity index (χ1v) is 11.8. The lowest BCUT2D eigenvalue weighted by Gasteiger charge is -2.33. The molecule has 32 heavy (non-hydrogen) atoms. The van der Waals surface area contributed by atoms with E-state index < -0.39 is 0 Å². The second kappa shape index (κ2) is 10.2. The molecular formula is C25H34N4O3. The molecule has 1 aromatic carbocycles. The third-order valence-electron chi connectivity index (χ3n) is 6.73. The quantitative estimate of drug-likeness (QED) is 0.720. The number of nitrogens with zero attached hydrogens (tertiary/aromatic N) is 3. The molecule has 0 radical (unpaired) electrons. The highest BCUT2D eigenvalue weighted by molar-refractivity contribution is 5.94. The molecule has 4 rings (SSSR count). The monoisotopic (exact) mass is 438 g/mol. The zero-order chi connectivity index (χ0) is 22.5. The molecule has 2 aromatic rings. The first-order valence-electron chi connectivity index (χ1n) is 11.8. The van der Waals surface area contributed by atoms with Crippen LogP contribution in [0.25, 0.3) is 0 Å². The number of fused-ring (bicyclic) bond motifs is 1. The van der Waals surface area contributed by atoms with Crippen LogP contribution in [-0.2, 0) is 31.2 Å². The Morgan fingerprint density at radius 1 is 1.22 bits per heavy atom. The number of hydrogen-bond acceptors (Lipinski definition) is 4. The molecule has 172 valence electrons. The molecule has 2 amide bonds. The number of carbonyl (C=O) groups excluding carboxylic acids is 2. The van der Waals surface area contributed by atoms with Gasteiger partial charge in [0.05, 0.1) is 12.8 Å². The molecule has 0 saturated carbocycles. The van der Waals surface area contributed by atoms with Crippen molar-refractivity contribution in [1.82, 2.24) is 20.0 Å². The van der Waals surface area contributed by atoms with Gasteiger partial charge >= 0.3 is 0 Å². The Bertz CT molecular complexity index is 968. The lowest BCUT2D eigenvalue weighted by atomic mass is 9.92. The van der Waals surface area contributed by atoms with E-state index in [1.165, 1.54) is 0 Å². The van der Waals surface area contributed by atoms with Crippen LogP contribution >= 0.6 is 0 Å². The van der Waals surface area contributed by atoms with E-state index in [0.717, 1.165) is 86.3 Å². The van der Waals surface area contributed by atoms with Crippen LogP contribution in [0.15, 0.2) is 24.3 Å². The molecule has 7 nitrogen and oxygen atoms in total. The van der Waals surface area contributed by atoms with Crippen LogP contribution in [0.1, 0.15) is 65.8 Å². The Morgan fingerprint density at radius 2 is 2.06 bits per heavy atom. The van der Waals surface area contributed by atoms with E-state index >= 15 is 0 Å². The van der Waals surface area contributed by atoms with E-state index in [4.69, 9.17) is 4.74 Å². The lowest BCUT2D eigenvalue weighted by molar-refractivity contribution is -0.121. The maximum Gasteiger partial charge on any atom is 0.272 e. The standard InChI is InChI=1S/C25H34N4O3/c1-28-24(21-10-3-4-11-22(21)27-28)25(31)29-14-6-8-18(17-29)12-13-23(30)26-16-19-7-5-9-20(15-19)32-2/h5,7,9,15,18H,3-4,6,8,10-14,16-17H2,1-2H3,(H,26,30)/t18-/m1/s1. The van der Waals surface area contributed by atoms with Gasteiger partial charge in [-0.3, -0.25) is 14.3 Å². The zero-order valence-electron chi connectivity index (χ0n) is 19.2. The second-order valence-corrected chi connectivity index (χ2v) is 9.03. The highest BCUT2D eigenvalue weighted by Crippen LogP contribution is 2.27. The number of ether oxygens (including phenoxy) is 1. The molecule has 1 fully saturated rings. The number of benzene rings is 1. The summed E-state index contributed by atoms with van der Waals surface area (Å²) in [5, 5.41) is 7.61. The van der Waals surface area contributed by atoms with Crippen molar-refractivity contribution < 1.29 is 14.3 Å². The average Bonchev–Trinajstić information content (AvgIpc) is 3.16. The predicted octanol–water partition coefficient (Wildman–Crippen LogP) is 3.26. The molecule has 2 aliphatic rings. The van der Waals surface area contributed by atoms with Crippen LogP contribution in [-0.4, -0.2) is 46.7 Å². The summed E-state index contributed by atoms with van der Waals surface area (Å²) in [6.45, 7) is 2.01. The van der Waals surface area contributed by atoms with Crippen LogP contribution in [0.4, 0.5) is 0 Å². The van der Waals surface area contributed by atoms with Crippen molar-refractivity contribution in [2.45, 2.75) is 57.9 Å². The number of nitrogens with one attached hydrogen (secondary N) is 1. The third kappa shape index (κ3) is 5.14. The van der Waals surface area contributed by atoms with E-state index in [1.807, 2.05) is 36.2 Å². The van der Waals surface area contributed by atoms with Gasteiger partial charge in [-0.2, -0.15) is 5.10 Å². The molecule has 7 heteroatoms. The molecule has 1 aromatic heterocycles. The highest BCUT2D eigenvalue weighted by atomic mass is 16.5. The molecule has 0 bridgehead atoms. The van der Waals surface area contributed by atoms with Gasteiger partial charge in [0.2, 0.25) is 5.91 Å². The first kappa shape index (κ1) is 22.4. The molecule has 0 spiro atoms. The Balaban J connectivity index is 1.28. The van der Waals surface area contributed by atoms with Gasteiger partial charge in [-0.1, -0.05) is 12.1 Å². The van der Waals surface area contributed by atoms with Crippen molar-refractivity contribution in [3.05, 3.63) is 46.8 Å². The van der Waals surface area contributed by atoms with Gasteiger partial charge < -0.3 is 15.0 Å². The minimum atomic E-state index is 0.0528. The van der Waals surface area contributed by atoms with E-state index in [-0.39, 0.29) is 11.8 Å². The summed E-state index contributed by atoms with van der Waals surface area (Å²) in [6, 6.07) is 7.72. The molecule has 2 heterocycles. The summed E-state index contributed by atoms with van der Waals surface area (Å²) >= 11 is 0. The fraction of sp³-hybridized carbons (Fsp3) is 0.560. The number of amides is 2. The van der Waals surface area contributed by atoms with Gasteiger partial charge in [-0.25, -0.2) is 0 Å². The number of carbonyl (C=O) groups is 2. The van der Waals surface area contributed by atoms with Crippen molar-refractivity contribution in [2.75, 3.05) is 20.2 Å². The van der Waals surface area contributed by atoms with Crippen LogP contribution in [0, 0.1) is 5.92 Å². The normalized spacial score (nSPS) is 18.2. The Kier molecular flexibility index (Phi) is 7.12. The Labute approximate surface area is 190 Å². The summed E-state index contributed by atoms with van der Waals surface area (Å²) < 4.78 is 7.02. The topological polar surface area (TPSA) is 76.5 Å². The van der Waals surface area contributed by atoms with Crippen molar-refractivity contribution in [2.24, 2.45) is 13.0 Å². The Morgan fingerprint density at radius 3 is 2.91 bits per heavy atom. The Hall–Kier alpha value is -2.83. The molecule has 1 N–H and O–H groups in total. The highest BCUT2D eigenvalue weighted by Gasteiger charge is 2.30. The van der Waals surface area contributed by atoms with Crippen LogP contribution in [0.2, 0.25) is 0 Å². The van der Waals surface area contributed by atoms with Crippen molar-refractivity contribution in [3.63, 3.8) is 0 Å². The molecular weight excluding hydrogens is 404 g/mol. The van der Waals surface area contributed by atoms with Crippen LogP contribution < -0.4 is 10.1 Å². The number of hydrogen-bond donors (Lipinski definition) is 1. The summed E-state index contributed by atoms with van der Waals surface area (Å²) in [6.07, 6.45) is 7.56. The molecule has 1 saturated heterocycles. The minimum Gasteiger partial charge on any atom is -0.497 e. The predicted molar refractivity (Wildman–Crippen MR) is 123 cm³/mol. The number of piperidine rings is 1. The molecule has 1 atom stereocenters. The third-order valence-corrected chi connectivity index (χ3v) is 6.73.